The molecule has 0 aliphatic heterocycles. The summed E-state index contributed by atoms with van der Waals surface area (Å²) in [6, 6.07) is 7.63. The fourth-order valence-electron chi connectivity index (χ4n) is 2.69. The molecule has 0 saturated heterocycles. The average Bonchev–Trinajstić information content (AvgIpc) is 2.94. The summed E-state index contributed by atoms with van der Waals surface area (Å²) in [6.07, 6.45) is 5.01. The molecule has 1 fully saturated rings. The van der Waals surface area contributed by atoms with Crippen LogP contribution in [-0.4, -0.2) is 29.8 Å². The van der Waals surface area contributed by atoms with E-state index < -0.39 is 0 Å². The van der Waals surface area contributed by atoms with Crippen LogP contribution in [0.25, 0.3) is 0 Å². The van der Waals surface area contributed by atoms with Crippen LogP contribution in [0.4, 0.5) is 0 Å². The number of carbonyl (C=O) groups excluding carboxylic acids is 1. The highest BCUT2D eigenvalue weighted by Crippen LogP contribution is 2.29. The van der Waals surface area contributed by atoms with Gasteiger partial charge in [-0.3, -0.25) is 4.79 Å². The van der Waals surface area contributed by atoms with E-state index in [4.69, 9.17) is 4.74 Å². The Kier molecular flexibility index (Phi) is 6.06. The zero-order valence-electron chi connectivity index (χ0n) is 12.1. The highest BCUT2D eigenvalue weighted by atomic mass is 79.9. The van der Waals surface area contributed by atoms with Crippen molar-refractivity contribution in [3.63, 3.8) is 0 Å². The first-order valence-corrected chi connectivity index (χ1v) is 8.23. The van der Waals surface area contributed by atoms with Crippen molar-refractivity contribution in [2.24, 2.45) is 0 Å². The molecule has 2 rings (SSSR count). The third kappa shape index (κ3) is 5.00. The Labute approximate surface area is 134 Å². The van der Waals surface area contributed by atoms with Gasteiger partial charge in [0.05, 0.1) is 18.8 Å². The largest absolute Gasteiger partial charge is 0.494 e. The van der Waals surface area contributed by atoms with E-state index in [0.29, 0.717) is 19.4 Å². The van der Waals surface area contributed by atoms with Gasteiger partial charge in [0.15, 0.2) is 0 Å². The predicted octanol–water partition coefficient (Wildman–Crippen LogP) is 3.03. The minimum absolute atomic E-state index is 0.00496. The molecule has 21 heavy (non-hydrogen) atoms. The van der Waals surface area contributed by atoms with Crippen molar-refractivity contribution < 1.29 is 14.6 Å². The van der Waals surface area contributed by atoms with Crippen LogP contribution < -0.4 is 10.1 Å². The number of aliphatic hydroxyl groups is 1. The fraction of sp³-hybridized carbons (Fsp3) is 0.562. The normalized spacial score (nSPS) is 16.7. The Hall–Kier alpha value is -1.07. The van der Waals surface area contributed by atoms with Gasteiger partial charge in [-0.15, -0.1) is 0 Å². The summed E-state index contributed by atoms with van der Waals surface area (Å²) in [4.78, 5) is 11.9. The second-order valence-electron chi connectivity index (χ2n) is 5.60. The van der Waals surface area contributed by atoms with E-state index in [-0.39, 0.29) is 18.1 Å². The van der Waals surface area contributed by atoms with Gasteiger partial charge >= 0.3 is 0 Å². The first-order chi connectivity index (χ1) is 10.1. The highest BCUT2D eigenvalue weighted by molar-refractivity contribution is 9.10. The van der Waals surface area contributed by atoms with Crippen LogP contribution in [0.5, 0.6) is 5.75 Å². The standard InChI is InChI=1S/C16H22BrNO3/c17-13-5-7-14(8-6-13)21-11-3-4-15(20)18-16(12-19)9-1-2-10-16/h5-8,19H,1-4,9-12H2,(H,18,20). The van der Waals surface area contributed by atoms with Crippen molar-refractivity contribution in [2.75, 3.05) is 13.2 Å². The molecule has 1 aromatic rings. The number of halogens is 1. The number of hydrogen-bond acceptors (Lipinski definition) is 3. The summed E-state index contributed by atoms with van der Waals surface area (Å²) in [6.45, 7) is 0.551. The quantitative estimate of drug-likeness (QED) is 0.739. The van der Waals surface area contributed by atoms with Crippen LogP contribution in [0.1, 0.15) is 38.5 Å². The Morgan fingerprint density at radius 3 is 2.57 bits per heavy atom. The van der Waals surface area contributed by atoms with E-state index in [1.165, 1.54) is 0 Å². The van der Waals surface area contributed by atoms with Crippen LogP contribution in [0.15, 0.2) is 28.7 Å². The number of hydrogen-bond donors (Lipinski definition) is 2. The van der Waals surface area contributed by atoms with Crippen molar-refractivity contribution in [2.45, 2.75) is 44.1 Å². The van der Waals surface area contributed by atoms with Gasteiger partial charge in [-0.25, -0.2) is 0 Å². The van der Waals surface area contributed by atoms with Gasteiger partial charge < -0.3 is 15.2 Å². The van der Waals surface area contributed by atoms with Crippen molar-refractivity contribution in [3.05, 3.63) is 28.7 Å². The second kappa shape index (κ2) is 7.80. The van der Waals surface area contributed by atoms with E-state index in [0.717, 1.165) is 35.9 Å². The lowest BCUT2D eigenvalue weighted by Crippen LogP contribution is -2.49. The molecule has 116 valence electrons. The zero-order chi connectivity index (χ0) is 15.1. The van der Waals surface area contributed by atoms with E-state index in [1.807, 2.05) is 24.3 Å². The number of benzene rings is 1. The topological polar surface area (TPSA) is 58.6 Å². The number of aliphatic hydroxyl groups excluding tert-OH is 1. The first kappa shape index (κ1) is 16.3. The lowest BCUT2D eigenvalue weighted by Gasteiger charge is -2.28. The number of nitrogens with one attached hydrogen (secondary N) is 1. The maximum atomic E-state index is 11.9. The number of amides is 1. The third-order valence-corrected chi connectivity index (χ3v) is 4.43. The molecule has 1 aliphatic carbocycles. The van der Waals surface area contributed by atoms with E-state index in [2.05, 4.69) is 21.2 Å². The zero-order valence-corrected chi connectivity index (χ0v) is 13.7. The lowest BCUT2D eigenvalue weighted by molar-refractivity contribution is -0.123. The number of carbonyl (C=O) groups is 1. The Morgan fingerprint density at radius 2 is 1.95 bits per heavy atom. The Morgan fingerprint density at radius 1 is 1.29 bits per heavy atom. The van der Waals surface area contributed by atoms with Crippen LogP contribution in [0.2, 0.25) is 0 Å². The summed E-state index contributed by atoms with van der Waals surface area (Å²) >= 11 is 3.37. The summed E-state index contributed by atoms with van der Waals surface area (Å²) in [7, 11) is 0. The summed E-state index contributed by atoms with van der Waals surface area (Å²) in [5.41, 5.74) is -0.371. The molecule has 4 nitrogen and oxygen atoms in total. The maximum absolute atomic E-state index is 11.9. The van der Waals surface area contributed by atoms with E-state index >= 15 is 0 Å². The van der Waals surface area contributed by atoms with Crippen LogP contribution in [-0.2, 0) is 4.79 Å². The number of rotatable bonds is 7. The van der Waals surface area contributed by atoms with Gasteiger partial charge in [0.1, 0.15) is 5.75 Å². The minimum Gasteiger partial charge on any atom is -0.494 e. The van der Waals surface area contributed by atoms with Crippen LogP contribution in [0, 0.1) is 0 Å². The monoisotopic (exact) mass is 355 g/mol. The molecule has 0 heterocycles. The summed E-state index contributed by atoms with van der Waals surface area (Å²) in [5, 5.41) is 12.5. The molecule has 1 aromatic carbocycles. The molecular weight excluding hydrogens is 334 g/mol. The molecule has 0 unspecified atom stereocenters. The highest BCUT2D eigenvalue weighted by Gasteiger charge is 2.34. The second-order valence-corrected chi connectivity index (χ2v) is 6.52. The molecule has 1 aliphatic rings. The van der Waals surface area contributed by atoms with E-state index in [9.17, 15) is 9.90 Å². The predicted molar refractivity (Wildman–Crippen MR) is 85.3 cm³/mol. The fourth-order valence-corrected chi connectivity index (χ4v) is 2.95. The molecule has 1 saturated carbocycles. The summed E-state index contributed by atoms with van der Waals surface area (Å²) < 4.78 is 6.60. The summed E-state index contributed by atoms with van der Waals surface area (Å²) in [5.74, 6) is 0.812. The Bertz CT molecular complexity index is 455. The van der Waals surface area contributed by atoms with Crippen molar-refractivity contribution in [1.82, 2.24) is 5.32 Å². The van der Waals surface area contributed by atoms with E-state index in [1.54, 1.807) is 0 Å². The van der Waals surface area contributed by atoms with Gasteiger partial charge in [0.25, 0.3) is 0 Å². The van der Waals surface area contributed by atoms with Gasteiger partial charge in [0, 0.05) is 10.9 Å². The van der Waals surface area contributed by atoms with Gasteiger partial charge in [-0.05, 0) is 43.5 Å². The van der Waals surface area contributed by atoms with Crippen molar-refractivity contribution in [1.29, 1.82) is 0 Å². The first-order valence-electron chi connectivity index (χ1n) is 7.44. The molecule has 0 aromatic heterocycles. The van der Waals surface area contributed by atoms with Crippen LogP contribution >= 0.6 is 15.9 Å². The number of ether oxygens (including phenoxy) is 1. The van der Waals surface area contributed by atoms with Crippen molar-refractivity contribution in [3.8, 4) is 5.75 Å². The van der Waals surface area contributed by atoms with Gasteiger partial charge in [-0.2, -0.15) is 0 Å². The lowest BCUT2D eigenvalue weighted by atomic mass is 9.98. The molecule has 0 atom stereocenters. The molecule has 1 amide bonds. The maximum Gasteiger partial charge on any atom is 0.220 e. The molecule has 0 spiro atoms. The smallest absolute Gasteiger partial charge is 0.220 e. The molecule has 0 radical (unpaired) electrons. The third-order valence-electron chi connectivity index (χ3n) is 3.90. The van der Waals surface area contributed by atoms with Gasteiger partial charge in [0.2, 0.25) is 5.91 Å². The van der Waals surface area contributed by atoms with Crippen molar-refractivity contribution >= 4 is 21.8 Å². The molecule has 5 heteroatoms. The molecule has 2 N–H and O–H groups in total. The van der Waals surface area contributed by atoms with Crippen LogP contribution in [0.3, 0.4) is 0 Å². The molecular formula is C16H22BrNO3. The molecule has 0 bridgehead atoms. The SMILES string of the molecule is O=C(CCCOc1ccc(Br)cc1)NC1(CO)CCCC1. The minimum atomic E-state index is -0.371. The average molecular weight is 356 g/mol. The van der Waals surface area contributed by atoms with Gasteiger partial charge in [-0.1, -0.05) is 28.8 Å². The Balaban J connectivity index is 1.66.